The van der Waals surface area contributed by atoms with Crippen molar-refractivity contribution in [1.29, 1.82) is 0 Å². The van der Waals surface area contributed by atoms with Crippen LogP contribution in [0.15, 0.2) is 25.0 Å². The van der Waals surface area contributed by atoms with Crippen molar-refractivity contribution in [2.24, 2.45) is 0 Å². The standard InChI is InChI=1S/C7H4N6/c1-5-7(10-3-8-1)13-4-9-2-6(13)12-11-5/h1-4H. The highest BCUT2D eigenvalue weighted by molar-refractivity contribution is 5.70. The average molecular weight is 172 g/mol. The highest BCUT2D eigenvalue weighted by Gasteiger charge is 2.02. The van der Waals surface area contributed by atoms with Crippen LogP contribution in [0.2, 0.25) is 0 Å². The Balaban J connectivity index is 2.65. The van der Waals surface area contributed by atoms with Gasteiger partial charge in [0.05, 0.1) is 12.4 Å². The maximum atomic E-state index is 4.09. The number of aromatic nitrogens is 6. The third kappa shape index (κ3) is 0.792. The number of hydrogen-bond acceptors (Lipinski definition) is 5. The maximum Gasteiger partial charge on any atom is 0.180 e. The van der Waals surface area contributed by atoms with E-state index in [-0.39, 0.29) is 0 Å². The van der Waals surface area contributed by atoms with E-state index in [1.807, 2.05) is 0 Å². The Morgan fingerprint density at radius 2 is 2.08 bits per heavy atom. The molecule has 0 radical (unpaired) electrons. The molecule has 0 saturated carbocycles. The first-order valence-corrected chi connectivity index (χ1v) is 3.69. The maximum absolute atomic E-state index is 4.09. The van der Waals surface area contributed by atoms with Crippen LogP contribution in [0.3, 0.4) is 0 Å². The van der Waals surface area contributed by atoms with Gasteiger partial charge in [-0.15, -0.1) is 10.2 Å². The monoisotopic (exact) mass is 172 g/mol. The lowest BCUT2D eigenvalue weighted by Gasteiger charge is -1.96. The highest BCUT2D eigenvalue weighted by atomic mass is 15.2. The van der Waals surface area contributed by atoms with E-state index in [0.717, 1.165) is 5.65 Å². The summed E-state index contributed by atoms with van der Waals surface area (Å²) >= 11 is 0. The van der Waals surface area contributed by atoms with Crippen molar-refractivity contribution in [3.8, 4) is 0 Å². The topological polar surface area (TPSA) is 68.9 Å². The van der Waals surface area contributed by atoms with E-state index in [2.05, 4.69) is 25.1 Å². The zero-order valence-electron chi connectivity index (χ0n) is 6.49. The molecule has 0 unspecified atom stereocenters. The molecule has 0 aliphatic carbocycles. The summed E-state index contributed by atoms with van der Waals surface area (Å²) in [5.74, 6) is 0. The Labute approximate surface area is 72.3 Å². The number of hydrogen-bond donors (Lipinski definition) is 0. The number of nitrogens with zero attached hydrogens (tertiary/aromatic N) is 6. The van der Waals surface area contributed by atoms with Crippen molar-refractivity contribution in [2.75, 3.05) is 0 Å². The second kappa shape index (κ2) is 2.19. The van der Waals surface area contributed by atoms with Gasteiger partial charge >= 0.3 is 0 Å². The second-order valence-electron chi connectivity index (χ2n) is 2.55. The SMILES string of the molecule is c1ncc2nnc3cncn3c2n1. The molecule has 3 aromatic heterocycles. The summed E-state index contributed by atoms with van der Waals surface area (Å²) in [6.07, 6.45) is 6.38. The minimum Gasteiger partial charge on any atom is -0.264 e. The fourth-order valence-corrected chi connectivity index (χ4v) is 1.20. The van der Waals surface area contributed by atoms with Crippen LogP contribution in [0.25, 0.3) is 16.8 Å². The molecule has 0 spiro atoms. The lowest BCUT2D eigenvalue weighted by Crippen LogP contribution is -1.95. The van der Waals surface area contributed by atoms with Crippen LogP contribution in [0.1, 0.15) is 0 Å². The van der Waals surface area contributed by atoms with E-state index in [4.69, 9.17) is 0 Å². The first kappa shape index (κ1) is 6.41. The van der Waals surface area contributed by atoms with Gasteiger partial charge in [-0.1, -0.05) is 0 Å². The molecule has 0 fully saturated rings. The molecule has 0 bridgehead atoms. The molecule has 6 heteroatoms. The van der Waals surface area contributed by atoms with Crippen molar-refractivity contribution in [1.82, 2.24) is 29.5 Å². The van der Waals surface area contributed by atoms with Crippen molar-refractivity contribution >= 4 is 16.8 Å². The van der Waals surface area contributed by atoms with Gasteiger partial charge in [-0.25, -0.2) is 15.0 Å². The summed E-state index contributed by atoms with van der Waals surface area (Å²) in [7, 11) is 0. The molecular formula is C7H4N6. The molecule has 6 nitrogen and oxygen atoms in total. The molecule has 0 N–H and O–H groups in total. The summed E-state index contributed by atoms with van der Waals surface area (Å²) in [6, 6.07) is 0. The third-order valence-electron chi connectivity index (χ3n) is 1.78. The Morgan fingerprint density at radius 3 is 3.08 bits per heavy atom. The fraction of sp³-hybridized carbons (Fsp3) is 0. The molecule has 0 aliphatic rings. The van der Waals surface area contributed by atoms with Crippen LogP contribution in [-0.2, 0) is 0 Å². The van der Waals surface area contributed by atoms with Crippen molar-refractivity contribution in [2.45, 2.75) is 0 Å². The number of rotatable bonds is 0. The molecule has 0 aliphatic heterocycles. The zero-order valence-corrected chi connectivity index (χ0v) is 6.49. The predicted molar refractivity (Wildman–Crippen MR) is 43.9 cm³/mol. The first-order chi connectivity index (χ1) is 6.45. The summed E-state index contributed by atoms with van der Waals surface area (Å²) in [5, 5.41) is 7.89. The molecule has 3 rings (SSSR count). The van der Waals surface area contributed by atoms with Gasteiger partial charge in [0.15, 0.2) is 11.3 Å². The Bertz CT molecular complexity index is 571. The molecule has 0 saturated heterocycles. The summed E-state index contributed by atoms with van der Waals surface area (Å²) < 4.78 is 1.77. The van der Waals surface area contributed by atoms with E-state index < -0.39 is 0 Å². The quantitative estimate of drug-likeness (QED) is 0.480. The van der Waals surface area contributed by atoms with Crippen LogP contribution in [0.4, 0.5) is 0 Å². The van der Waals surface area contributed by atoms with E-state index >= 15 is 0 Å². The summed E-state index contributed by atoms with van der Waals surface area (Å²) in [6.45, 7) is 0. The summed E-state index contributed by atoms with van der Waals surface area (Å²) in [5.41, 5.74) is 2.07. The van der Waals surface area contributed by atoms with Crippen molar-refractivity contribution in [3.63, 3.8) is 0 Å². The van der Waals surface area contributed by atoms with Gasteiger partial charge in [-0.3, -0.25) is 4.40 Å². The third-order valence-corrected chi connectivity index (χ3v) is 1.78. The molecule has 62 valence electrons. The number of imidazole rings is 1. The molecule has 3 heterocycles. The minimum atomic E-state index is 0.660. The van der Waals surface area contributed by atoms with E-state index in [1.165, 1.54) is 6.33 Å². The average Bonchev–Trinajstić information content (AvgIpc) is 2.65. The van der Waals surface area contributed by atoms with Crippen molar-refractivity contribution in [3.05, 3.63) is 25.0 Å². The van der Waals surface area contributed by atoms with Crippen LogP contribution < -0.4 is 0 Å². The molecule has 0 amide bonds. The van der Waals surface area contributed by atoms with E-state index in [9.17, 15) is 0 Å². The molecule has 0 aromatic carbocycles. The van der Waals surface area contributed by atoms with Crippen LogP contribution >= 0.6 is 0 Å². The Kier molecular flexibility index (Phi) is 1.08. The van der Waals surface area contributed by atoms with Gasteiger partial charge in [0, 0.05) is 0 Å². The molecule has 3 aromatic rings. The van der Waals surface area contributed by atoms with Gasteiger partial charge in [-0.05, 0) is 0 Å². The number of fused-ring (bicyclic) bond motifs is 3. The van der Waals surface area contributed by atoms with Crippen LogP contribution in [0, 0.1) is 0 Å². The first-order valence-electron chi connectivity index (χ1n) is 3.69. The smallest absolute Gasteiger partial charge is 0.180 e. The molecular weight excluding hydrogens is 168 g/mol. The summed E-state index contributed by atoms with van der Waals surface area (Å²) in [4.78, 5) is 11.9. The van der Waals surface area contributed by atoms with E-state index in [1.54, 1.807) is 23.1 Å². The van der Waals surface area contributed by atoms with Crippen molar-refractivity contribution < 1.29 is 0 Å². The lowest BCUT2D eigenvalue weighted by molar-refractivity contribution is 1.01. The Morgan fingerprint density at radius 1 is 1.08 bits per heavy atom. The molecule has 0 atom stereocenters. The van der Waals surface area contributed by atoms with Gasteiger partial charge in [-0.2, -0.15) is 0 Å². The van der Waals surface area contributed by atoms with Gasteiger partial charge < -0.3 is 0 Å². The fourth-order valence-electron chi connectivity index (χ4n) is 1.20. The van der Waals surface area contributed by atoms with Gasteiger partial charge in [0.2, 0.25) is 0 Å². The van der Waals surface area contributed by atoms with Crippen LogP contribution in [-0.4, -0.2) is 29.5 Å². The van der Waals surface area contributed by atoms with Gasteiger partial charge in [0.25, 0.3) is 0 Å². The predicted octanol–water partition coefficient (Wildman–Crippen LogP) is 0.0675. The second-order valence-corrected chi connectivity index (χ2v) is 2.55. The highest BCUT2D eigenvalue weighted by Crippen LogP contribution is 2.06. The molecule has 13 heavy (non-hydrogen) atoms. The van der Waals surface area contributed by atoms with E-state index in [0.29, 0.717) is 11.2 Å². The largest absolute Gasteiger partial charge is 0.264 e. The zero-order chi connectivity index (χ0) is 8.67. The van der Waals surface area contributed by atoms with Gasteiger partial charge in [0.1, 0.15) is 18.2 Å². The normalized spacial score (nSPS) is 11.1. The Hall–Kier alpha value is -2.11. The lowest BCUT2D eigenvalue weighted by atomic mass is 10.5. The minimum absolute atomic E-state index is 0.660. The van der Waals surface area contributed by atoms with Crippen LogP contribution in [0.5, 0.6) is 0 Å².